The number of carbonyl (C=O) groups is 1. The Morgan fingerprint density at radius 2 is 2.05 bits per heavy atom. The number of hydrogen-bond donors (Lipinski definition) is 2. The highest BCUT2D eigenvalue weighted by molar-refractivity contribution is 5.96. The molecule has 0 aliphatic heterocycles. The lowest BCUT2D eigenvalue weighted by Gasteiger charge is -2.13. The van der Waals surface area contributed by atoms with E-state index >= 15 is 0 Å². The first-order valence-corrected chi connectivity index (χ1v) is 7.13. The number of aromatic nitrogens is 1. The van der Waals surface area contributed by atoms with Gasteiger partial charge in [-0.15, -0.1) is 4.91 Å². The zero-order chi connectivity index (χ0) is 14.8. The molecule has 2 aromatic rings. The van der Waals surface area contributed by atoms with Crippen LogP contribution in [0.2, 0.25) is 0 Å². The summed E-state index contributed by atoms with van der Waals surface area (Å²) >= 11 is 0. The molecule has 1 saturated carbocycles. The van der Waals surface area contributed by atoms with E-state index in [2.05, 4.69) is 10.5 Å². The van der Waals surface area contributed by atoms with Crippen LogP contribution in [0.25, 0.3) is 10.9 Å². The highest BCUT2D eigenvalue weighted by Crippen LogP contribution is 2.38. The molecule has 1 aliphatic carbocycles. The Kier molecular flexibility index (Phi) is 3.60. The molecule has 110 valence electrons. The molecule has 1 amide bonds. The Labute approximate surface area is 121 Å². The number of rotatable bonds is 4. The van der Waals surface area contributed by atoms with Crippen LogP contribution in [0.5, 0.6) is 5.88 Å². The maximum atomic E-state index is 12.1. The van der Waals surface area contributed by atoms with Gasteiger partial charge in [-0.25, -0.2) is 0 Å². The molecule has 6 nitrogen and oxygen atoms in total. The average molecular weight is 287 g/mol. The van der Waals surface area contributed by atoms with E-state index in [0.717, 1.165) is 25.7 Å². The van der Waals surface area contributed by atoms with Gasteiger partial charge in [-0.05, 0) is 24.1 Å². The molecule has 0 spiro atoms. The largest absolute Gasteiger partial charge is 0.493 e. The second kappa shape index (κ2) is 5.55. The van der Waals surface area contributed by atoms with Gasteiger partial charge < -0.3 is 15.0 Å². The first-order chi connectivity index (χ1) is 10.2. The van der Waals surface area contributed by atoms with Crippen LogP contribution in [0.3, 0.4) is 0 Å². The fourth-order valence-corrected chi connectivity index (χ4v) is 3.01. The summed E-state index contributed by atoms with van der Waals surface area (Å²) in [6.07, 6.45) is 4.29. The van der Waals surface area contributed by atoms with Crippen molar-refractivity contribution in [1.29, 1.82) is 0 Å². The van der Waals surface area contributed by atoms with Crippen molar-refractivity contribution >= 4 is 22.5 Å². The molecule has 1 fully saturated rings. The number of para-hydroxylation sites is 1. The molecule has 6 heteroatoms. The summed E-state index contributed by atoms with van der Waals surface area (Å²) in [4.78, 5) is 23.0. The molecule has 1 aromatic heterocycles. The Bertz CT molecular complexity index is 687. The predicted octanol–water partition coefficient (Wildman–Crippen LogP) is 2.80. The van der Waals surface area contributed by atoms with Crippen LogP contribution in [-0.4, -0.2) is 21.6 Å². The molecule has 0 atom stereocenters. The topological polar surface area (TPSA) is 83.7 Å². The van der Waals surface area contributed by atoms with Crippen molar-refractivity contribution in [3.63, 3.8) is 0 Å². The second-order valence-corrected chi connectivity index (χ2v) is 5.42. The molecule has 2 N–H and O–H groups in total. The Morgan fingerprint density at radius 3 is 2.76 bits per heavy atom. The van der Waals surface area contributed by atoms with E-state index in [-0.39, 0.29) is 30.1 Å². The van der Waals surface area contributed by atoms with Crippen LogP contribution in [-0.2, 0) is 11.3 Å². The Morgan fingerprint density at radius 1 is 1.33 bits per heavy atom. The lowest BCUT2D eigenvalue weighted by atomic mass is 10.2. The maximum absolute atomic E-state index is 12.1. The van der Waals surface area contributed by atoms with E-state index in [1.165, 1.54) is 4.57 Å². The van der Waals surface area contributed by atoms with Crippen molar-refractivity contribution < 1.29 is 9.90 Å². The fourth-order valence-electron chi connectivity index (χ4n) is 3.01. The highest BCUT2D eigenvalue weighted by atomic mass is 16.3. The number of nitroso groups, excluding NO2 is 1. The van der Waals surface area contributed by atoms with Gasteiger partial charge in [0.1, 0.15) is 6.54 Å². The third-order valence-electron chi connectivity index (χ3n) is 4.03. The van der Waals surface area contributed by atoms with Gasteiger partial charge in [0.25, 0.3) is 0 Å². The molecule has 0 saturated heterocycles. The van der Waals surface area contributed by atoms with Gasteiger partial charge in [0.2, 0.25) is 11.8 Å². The highest BCUT2D eigenvalue weighted by Gasteiger charge is 2.21. The molecule has 0 bridgehead atoms. The summed E-state index contributed by atoms with van der Waals surface area (Å²) in [5.41, 5.74) is 0.616. The molecule has 21 heavy (non-hydrogen) atoms. The Hall–Kier alpha value is -2.37. The van der Waals surface area contributed by atoms with Crippen LogP contribution < -0.4 is 5.32 Å². The molecule has 0 unspecified atom stereocenters. The fraction of sp³-hybridized carbons (Fsp3) is 0.400. The number of fused-ring (bicyclic) bond motifs is 1. The smallest absolute Gasteiger partial charge is 0.240 e. The summed E-state index contributed by atoms with van der Waals surface area (Å²) in [5.74, 6) is -0.414. The first kappa shape index (κ1) is 13.6. The monoisotopic (exact) mass is 287 g/mol. The minimum atomic E-state index is -0.257. The van der Waals surface area contributed by atoms with Crippen LogP contribution in [0.1, 0.15) is 25.7 Å². The number of aromatic hydroxyl groups is 1. The third-order valence-corrected chi connectivity index (χ3v) is 4.03. The van der Waals surface area contributed by atoms with E-state index in [4.69, 9.17) is 0 Å². The molecular weight excluding hydrogens is 270 g/mol. The van der Waals surface area contributed by atoms with Crippen molar-refractivity contribution in [3.8, 4) is 5.88 Å². The number of nitrogens with zero attached hydrogens (tertiary/aromatic N) is 2. The molecular formula is C15H17N3O3. The zero-order valence-corrected chi connectivity index (χ0v) is 11.6. The average Bonchev–Trinajstić information content (AvgIpc) is 3.07. The summed E-state index contributed by atoms with van der Waals surface area (Å²) < 4.78 is 1.43. The van der Waals surface area contributed by atoms with Gasteiger partial charge in [-0.3, -0.25) is 4.79 Å². The standard InChI is InChI=1S/C15H17N3O3/c19-13(16-10-5-1-2-6-10)9-18-12-8-4-3-7-11(12)14(17-21)15(18)20/h3-4,7-8,10,20H,1-2,5-6,9H2,(H,16,19). The van der Waals surface area contributed by atoms with Crippen molar-refractivity contribution in [1.82, 2.24) is 9.88 Å². The second-order valence-electron chi connectivity index (χ2n) is 5.42. The van der Waals surface area contributed by atoms with E-state index in [0.29, 0.717) is 10.9 Å². The number of nitrogens with one attached hydrogen (secondary N) is 1. The van der Waals surface area contributed by atoms with E-state index in [9.17, 15) is 14.8 Å². The predicted molar refractivity (Wildman–Crippen MR) is 79.5 cm³/mol. The molecule has 1 heterocycles. The normalized spacial score (nSPS) is 15.4. The van der Waals surface area contributed by atoms with Crippen molar-refractivity contribution in [2.24, 2.45) is 5.18 Å². The summed E-state index contributed by atoms with van der Waals surface area (Å²) in [5, 5.41) is 16.5. The van der Waals surface area contributed by atoms with Crippen LogP contribution >= 0.6 is 0 Å². The SMILES string of the molecule is O=Nc1c(O)n(CC(=O)NC2CCCC2)c2ccccc12. The number of carbonyl (C=O) groups excluding carboxylic acids is 1. The van der Waals surface area contributed by atoms with Crippen molar-refractivity contribution in [2.75, 3.05) is 0 Å². The molecule has 1 aromatic carbocycles. The summed E-state index contributed by atoms with van der Waals surface area (Å²) in [6, 6.07) is 7.25. The van der Waals surface area contributed by atoms with Crippen LogP contribution in [0.15, 0.2) is 29.4 Å². The van der Waals surface area contributed by atoms with Crippen LogP contribution in [0.4, 0.5) is 5.69 Å². The first-order valence-electron chi connectivity index (χ1n) is 7.13. The molecule has 1 aliphatic rings. The third kappa shape index (κ3) is 2.49. The van der Waals surface area contributed by atoms with E-state index < -0.39 is 0 Å². The lowest BCUT2D eigenvalue weighted by molar-refractivity contribution is -0.122. The molecule has 0 radical (unpaired) electrons. The van der Waals surface area contributed by atoms with E-state index in [1.54, 1.807) is 24.3 Å². The maximum Gasteiger partial charge on any atom is 0.240 e. The summed E-state index contributed by atoms with van der Waals surface area (Å²) in [7, 11) is 0. The van der Waals surface area contributed by atoms with Crippen molar-refractivity contribution in [3.05, 3.63) is 29.2 Å². The van der Waals surface area contributed by atoms with Crippen molar-refractivity contribution in [2.45, 2.75) is 38.3 Å². The number of hydrogen-bond acceptors (Lipinski definition) is 4. The van der Waals surface area contributed by atoms with Gasteiger partial charge >= 0.3 is 0 Å². The number of benzene rings is 1. The van der Waals surface area contributed by atoms with E-state index in [1.807, 2.05) is 0 Å². The van der Waals surface area contributed by atoms with Crippen LogP contribution in [0, 0.1) is 4.91 Å². The number of amides is 1. The zero-order valence-electron chi connectivity index (χ0n) is 11.6. The van der Waals surface area contributed by atoms with Gasteiger partial charge in [-0.2, -0.15) is 0 Å². The van der Waals surface area contributed by atoms with Gasteiger partial charge in [0.15, 0.2) is 5.69 Å². The minimum absolute atomic E-state index is 0.0146. The summed E-state index contributed by atoms with van der Waals surface area (Å²) in [6.45, 7) is -0.0155. The van der Waals surface area contributed by atoms with Gasteiger partial charge in [-0.1, -0.05) is 31.0 Å². The van der Waals surface area contributed by atoms with Gasteiger partial charge in [0.05, 0.1) is 5.52 Å². The lowest BCUT2D eigenvalue weighted by Crippen LogP contribution is -2.35. The minimum Gasteiger partial charge on any atom is -0.493 e. The Balaban J connectivity index is 1.87. The molecule has 3 rings (SSSR count). The van der Waals surface area contributed by atoms with Gasteiger partial charge in [0, 0.05) is 11.4 Å². The quantitative estimate of drug-likeness (QED) is 0.848.